The Kier molecular flexibility index (Phi) is 5.90. The van der Waals surface area contributed by atoms with Crippen molar-refractivity contribution in [3.8, 4) is 28.3 Å². The van der Waals surface area contributed by atoms with E-state index in [1.165, 1.54) is 58.1 Å². The van der Waals surface area contributed by atoms with Crippen molar-refractivity contribution in [2.45, 2.75) is 0 Å². The second-order valence-corrected chi connectivity index (χ2v) is 14.8. The maximum absolute atomic E-state index is 6.59. The van der Waals surface area contributed by atoms with Crippen LogP contribution in [-0.4, -0.2) is 14.5 Å². The van der Waals surface area contributed by atoms with Gasteiger partial charge in [-0.2, -0.15) is 0 Å². The molecular formula is C48H27N3OS. The van der Waals surface area contributed by atoms with Crippen molar-refractivity contribution in [2.75, 3.05) is 0 Å². The van der Waals surface area contributed by atoms with Crippen LogP contribution >= 0.6 is 11.3 Å². The number of rotatable bonds is 3. The molecule has 0 bridgehead atoms. The quantitative estimate of drug-likeness (QED) is 0.185. The minimum Gasteiger partial charge on any atom is -0.452 e. The molecule has 5 heteroatoms. The monoisotopic (exact) mass is 693 g/mol. The highest BCUT2D eigenvalue weighted by Gasteiger charge is 2.25. The molecule has 53 heavy (non-hydrogen) atoms. The predicted octanol–water partition coefficient (Wildman–Crippen LogP) is 13.5. The van der Waals surface area contributed by atoms with Gasteiger partial charge in [0.2, 0.25) is 5.95 Å². The third-order valence-electron chi connectivity index (χ3n) is 10.8. The van der Waals surface area contributed by atoms with Gasteiger partial charge >= 0.3 is 0 Å². The smallest absolute Gasteiger partial charge is 0.236 e. The van der Waals surface area contributed by atoms with E-state index in [2.05, 4.69) is 150 Å². The summed E-state index contributed by atoms with van der Waals surface area (Å²) >= 11 is 1.86. The summed E-state index contributed by atoms with van der Waals surface area (Å²) in [5.41, 5.74) is 8.55. The van der Waals surface area contributed by atoms with Crippen LogP contribution in [0.4, 0.5) is 0 Å². The second kappa shape index (κ2) is 10.8. The Bertz CT molecular complexity index is 3460. The molecule has 0 unspecified atom stereocenters. The second-order valence-electron chi connectivity index (χ2n) is 13.7. The first kappa shape index (κ1) is 28.8. The lowest BCUT2D eigenvalue weighted by Crippen LogP contribution is -2.03. The number of nitrogens with zero attached hydrogens (tertiary/aromatic N) is 3. The zero-order valence-corrected chi connectivity index (χ0v) is 29.1. The molecule has 8 aromatic carbocycles. The highest BCUT2D eigenvalue weighted by molar-refractivity contribution is 7.27. The van der Waals surface area contributed by atoms with E-state index in [9.17, 15) is 0 Å². The van der Waals surface area contributed by atoms with E-state index in [0.29, 0.717) is 11.5 Å². The molecule has 0 atom stereocenters. The van der Waals surface area contributed by atoms with Gasteiger partial charge < -0.3 is 4.42 Å². The average molecular weight is 694 g/mol. The van der Waals surface area contributed by atoms with Crippen LogP contribution in [0.25, 0.3) is 114 Å². The van der Waals surface area contributed by atoms with Gasteiger partial charge in [0.15, 0.2) is 5.58 Å². The number of benzene rings is 8. The summed E-state index contributed by atoms with van der Waals surface area (Å²) in [5, 5.41) is 10.8. The number of hydrogen-bond donors (Lipinski definition) is 0. The fraction of sp³-hybridized carbons (Fsp3) is 0. The first-order valence-corrected chi connectivity index (χ1v) is 18.6. The fourth-order valence-electron chi connectivity index (χ4n) is 8.39. The van der Waals surface area contributed by atoms with Gasteiger partial charge in [-0.1, -0.05) is 133 Å². The fourth-order valence-corrected chi connectivity index (χ4v) is 9.63. The van der Waals surface area contributed by atoms with E-state index in [1.54, 1.807) is 0 Å². The van der Waals surface area contributed by atoms with Gasteiger partial charge in [0, 0.05) is 47.3 Å². The number of para-hydroxylation sites is 2. The minimum absolute atomic E-state index is 0.621. The summed E-state index contributed by atoms with van der Waals surface area (Å²) in [6.07, 6.45) is 0. The van der Waals surface area contributed by atoms with Crippen molar-refractivity contribution in [3.05, 3.63) is 164 Å². The lowest BCUT2D eigenvalue weighted by molar-refractivity contribution is 0.666. The van der Waals surface area contributed by atoms with Gasteiger partial charge in [-0.3, -0.25) is 4.57 Å². The van der Waals surface area contributed by atoms with Crippen LogP contribution in [0.5, 0.6) is 0 Å². The van der Waals surface area contributed by atoms with Crippen LogP contribution in [0.3, 0.4) is 0 Å². The van der Waals surface area contributed by atoms with E-state index >= 15 is 0 Å². The Morgan fingerprint density at radius 2 is 1.15 bits per heavy atom. The van der Waals surface area contributed by atoms with E-state index in [0.717, 1.165) is 44.3 Å². The number of fused-ring (bicyclic) bond motifs is 14. The molecule has 0 aliphatic rings. The molecule has 0 radical (unpaired) electrons. The molecule has 246 valence electrons. The zero-order chi connectivity index (χ0) is 34.6. The predicted molar refractivity (Wildman–Crippen MR) is 222 cm³/mol. The Morgan fingerprint density at radius 3 is 2.02 bits per heavy atom. The minimum atomic E-state index is 0.621. The van der Waals surface area contributed by atoms with E-state index in [-0.39, 0.29) is 0 Å². The lowest BCUT2D eigenvalue weighted by atomic mass is 9.99. The van der Waals surface area contributed by atoms with Crippen molar-refractivity contribution >= 4 is 96.9 Å². The topological polar surface area (TPSA) is 43.9 Å². The van der Waals surface area contributed by atoms with Crippen molar-refractivity contribution in [1.82, 2.24) is 14.5 Å². The van der Waals surface area contributed by atoms with Crippen LogP contribution < -0.4 is 0 Å². The summed E-state index contributed by atoms with van der Waals surface area (Å²) in [6.45, 7) is 0. The molecule has 12 rings (SSSR count). The number of furan rings is 1. The first-order chi connectivity index (χ1) is 26.3. The van der Waals surface area contributed by atoms with Gasteiger partial charge in [-0.05, 0) is 57.6 Å². The summed E-state index contributed by atoms with van der Waals surface area (Å²) < 4.78 is 11.4. The van der Waals surface area contributed by atoms with E-state index in [4.69, 9.17) is 14.4 Å². The molecular weight excluding hydrogens is 667 g/mol. The summed E-state index contributed by atoms with van der Waals surface area (Å²) in [7, 11) is 0. The Morgan fingerprint density at radius 1 is 0.491 bits per heavy atom. The van der Waals surface area contributed by atoms with Crippen molar-refractivity contribution in [3.63, 3.8) is 0 Å². The molecule has 0 fully saturated rings. The number of thiophene rings is 1. The molecule has 0 saturated heterocycles. The zero-order valence-electron chi connectivity index (χ0n) is 28.2. The summed E-state index contributed by atoms with van der Waals surface area (Å²) in [6, 6.07) is 58.2. The highest BCUT2D eigenvalue weighted by Crippen LogP contribution is 2.48. The third-order valence-corrected chi connectivity index (χ3v) is 12.0. The maximum Gasteiger partial charge on any atom is 0.236 e. The van der Waals surface area contributed by atoms with E-state index < -0.39 is 0 Å². The largest absolute Gasteiger partial charge is 0.452 e. The lowest BCUT2D eigenvalue weighted by Gasteiger charge is -2.11. The van der Waals surface area contributed by atoms with Gasteiger partial charge in [0.1, 0.15) is 16.8 Å². The molecule has 0 spiro atoms. The Hall–Kier alpha value is -6.82. The van der Waals surface area contributed by atoms with Crippen LogP contribution in [0.1, 0.15) is 0 Å². The maximum atomic E-state index is 6.59. The Balaban J connectivity index is 1.18. The molecule has 0 aliphatic heterocycles. The van der Waals surface area contributed by atoms with Gasteiger partial charge in [-0.15, -0.1) is 11.3 Å². The Labute approximate surface area is 306 Å². The van der Waals surface area contributed by atoms with Crippen molar-refractivity contribution < 1.29 is 4.42 Å². The van der Waals surface area contributed by atoms with Crippen LogP contribution in [0.15, 0.2) is 168 Å². The van der Waals surface area contributed by atoms with E-state index in [1.807, 2.05) is 29.5 Å². The molecule has 0 aliphatic carbocycles. The molecule has 4 aromatic heterocycles. The molecule has 12 aromatic rings. The first-order valence-electron chi connectivity index (χ1n) is 17.8. The average Bonchev–Trinajstić information content (AvgIpc) is 3.91. The SMILES string of the molecule is c1ccc2cc(-c3ccc(-c4nc(-n5c6ccccc6c6c7ccccc7c7sc8ccccc8c7c65)nc5c4oc4ccccc45)cc3)ccc2c1. The summed E-state index contributed by atoms with van der Waals surface area (Å²) in [4.78, 5) is 10.9. The molecule has 4 heterocycles. The van der Waals surface area contributed by atoms with Crippen molar-refractivity contribution in [2.24, 2.45) is 0 Å². The molecule has 0 amide bonds. The molecule has 4 nitrogen and oxygen atoms in total. The highest BCUT2D eigenvalue weighted by atomic mass is 32.1. The number of aromatic nitrogens is 3. The van der Waals surface area contributed by atoms with Gasteiger partial charge in [0.05, 0.1) is 11.0 Å². The molecule has 0 N–H and O–H groups in total. The van der Waals surface area contributed by atoms with Crippen LogP contribution in [0.2, 0.25) is 0 Å². The van der Waals surface area contributed by atoms with Gasteiger partial charge in [0.25, 0.3) is 0 Å². The standard InChI is InChI=1S/C48H27N3OS/c1-2-12-31-27-32(26-23-28(31)11-1)29-21-24-30(25-22-29)43-46-44(36-16-6-9-19-39(36)52-46)50-48(49-43)51-38-18-8-5-15-35(38)41-33-13-3-4-14-34(33)47-42(45(41)51)37-17-7-10-20-40(37)53-47/h1-27H. The van der Waals surface area contributed by atoms with Crippen LogP contribution in [0, 0.1) is 0 Å². The van der Waals surface area contributed by atoms with Crippen LogP contribution in [-0.2, 0) is 0 Å². The van der Waals surface area contributed by atoms with Gasteiger partial charge in [-0.25, -0.2) is 9.97 Å². The van der Waals surface area contributed by atoms with Crippen molar-refractivity contribution in [1.29, 1.82) is 0 Å². The molecule has 0 saturated carbocycles. The third kappa shape index (κ3) is 4.11. The normalized spacial score (nSPS) is 12.2. The number of hydrogen-bond acceptors (Lipinski definition) is 4. The summed E-state index contributed by atoms with van der Waals surface area (Å²) in [5.74, 6) is 0.621.